The van der Waals surface area contributed by atoms with Gasteiger partial charge in [-0.15, -0.1) is 0 Å². The van der Waals surface area contributed by atoms with E-state index in [-0.39, 0.29) is 25.7 Å². The summed E-state index contributed by atoms with van der Waals surface area (Å²) in [5.74, 6) is -0.659. The summed E-state index contributed by atoms with van der Waals surface area (Å²) in [6.45, 7) is 9.41. The lowest BCUT2D eigenvalue weighted by atomic mass is 10.0. The third-order valence-electron chi connectivity index (χ3n) is 14.5. The van der Waals surface area contributed by atoms with E-state index in [1.54, 1.807) is 0 Å². The van der Waals surface area contributed by atoms with E-state index in [4.69, 9.17) is 37.0 Å². The van der Waals surface area contributed by atoms with Gasteiger partial charge in [0.15, 0.2) is 12.2 Å². The van der Waals surface area contributed by atoms with Crippen LogP contribution in [0.3, 0.4) is 0 Å². The highest BCUT2D eigenvalue weighted by atomic mass is 31.2. The average Bonchev–Trinajstić information content (AvgIpc) is 3.43. The third-order valence-corrected chi connectivity index (χ3v) is 16.4. The molecule has 0 fully saturated rings. The maximum atomic E-state index is 13.0. The van der Waals surface area contributed by atoms with Gasteiger partial charge in [0.2, 0.25) is 0 Å². The van der Waals surface area contributed by atoms with Gasteiger partial charge in [-0.05, 0) is 37.5 Å². The molecule has 0 aliphatic rings. The van der Waals surface area contributed by atoms with E-state index in [1.807, 2.05) is 0 Å². The monoisotopic (exact) mass is 1210 g/mol. The van der Waals surface area contributed by atoms with Gasteiger partial charge < -0.3 is 33.8 Å². The predicted octanol–water partition coefficient (Wildman–Crippen LogP) is 17.3. The number of hydrogen-bond donors (Lipinski definition) is 3. The minimum Gasteiger partial charge on any atom is -0.462 e. The predicted molar refractivity (Wildman–Crippen MR) is 326 cm³/mol. The molecule has 0 rings (SSSR count). The highest BCUT2D eigenvalue weighted by molar-refractivity contribution is 7.47. The van der Waals surface area contributed by atoms with E-state index in [0.29, 0.717) is 25.7 Å². The molecule has 2 unspecified atom stereocenters. The molecular weight excluding hydrogens is 1090 g/mol. The zero-order valence-corrected chi connectivity index (χ0v) is 54.6. The summed E-state index contributed by atoms with van der Waals surface area (Å²) in [5.41, 5.74) is 0. The number of ether oxygens (including phenoxy) is 4. The normalized spacial score (nSPS) is 14.3. The summed E-state index contributed by atoms with van der Waals surface area (Å²) in [7, 11) is -9.88. The molecule has 0 amide bonds. The molecule has 486 valence electrons. The Hall–Kier alpha value is -1.94. The minimum absolute atomic E-state index is 0.105. The largest absolute Gasteiger partial charge is 0.472 e. The number of phosphoric ester groups is 2. The average molecular weight is 1210 g/mol. The van der Waals surface area contributed by atoms with Crippen LogP contribution in [-0.4, -0.2) is 96.7 Å². The van der Waals surface area contributed by atoms with Crippen LogP contribution >= 0.6 is 15.6 Å². The van der Waals surface area contributed by atoms with Crippen LogP contribution in [0.4, 0.5) is 0 Å². The SMILES string of the molecule is CCCCCCCCCCCCC(=O)O[C@H](COC(=O)CCCCCCCCCC)COP(=O)(O)OC[C@H](O)COP(=O)(O)OC[C@@H](COC(=O)CCCCCCCCCCC(C)C)OC(=O)CCCCCCCCCCCCC(C)C. The van der Waals surface area contributed by atoms with Crippen LogP contribution in [0.25, 0.3) is 0 Å². The first kappa shape index (κ1) is 80.1. The topological polar surface area (TPSA) is 237 Å². The summed E-state index contributed by atoms with van der Waals surface area (Å²) in [6.07, 6.45) is 37.6. The molecule has 17 nitrogen and oxygen atoms in total. The van der Waals surface area contributed by atoms with Gasteiger partial charge in [-0.1, -0.05) is 260 Å². The summed E-state index contributed by atoms with van der Waals surface area (Å²) in [4.78, 5) is 72.1. The van der Waals surface area contributed by atoms with Crippen molar-refractivity contribution in [3.8, 4) is 0 Å². The van der Waals surface area contributed by atoms with Crippen molar-refractivity contribution < 1.29 is 80.2 Å². The van der Waals surface area contributed by atoms with Gasteiger partial charge in [0.05, 0.1) is 26.4 Å². The van der Waals surface area contributed by atoms with Gasteiger partial charge in [-0.3, -0.25) is 37.3 Å². The highest BCUT2D eigenvalue weighted by Gasteiger charge is 2.30. The van der Waals surface area contributed by atoms with Crippen molar-refractivity contribution in [1.82, 2.24) is 0 Å². The van der Waals surface area contributed by atoms with Crippen molar-refractivity contribution in [2.24, 2.45) is 11.8 Å². The fourth-order valence-corrected chi connectivity index (χ4v) is 10.9. The molecular formula is C63H122O17P2. The minimum atomic E-state index is -4.94. The fourth-order valence-electron chi connectivity index (χ4n) is 9.35. The van der Waals surface area contributed by atoms with Crippen LogP contribution in [0.2, 0.25) is 0 Å². The lowest BCUT2D eigenvalue weighted by Crippen LogP contribution is -2.30. The quantitative estimate of drug-likeness (QED) is 0.0222. The Balaban J connectivity index is 5.23. The number of aliphatic hydroxyl groups excluding tert-OH is 1. The zero-order chi connectivity index (χ0) is 60.8. The Morgan fingerprint density at radius 1 is 0.329 bits per heavy atom. The molecule has 0 bridgehead atoms. The number of unbranched alkanes of at least 4 members (excludes halogenated alkanes) is 32. The van der Waals surface area contributed by atoms with Crippen molar-refractivity contribution in [2.75, 3.05) is 39.6 Å². The smallest absolute Gasteiger partial charge is 0.462 e. The van der Waals surface area contributed by atoms with Crippen molar-refractivity contribution in [2.45, 2.75) is 330 Å². The molecule has 0 spiro atoms. The molecule has 5 atom stereocenters. The van der Waals surface area contributed by atoms with E-state index in [0.717, 1.165) is 108 Å². The number of carbonyl (C=O) groups is 4. The first-order chi connectivity index (χ1) is 39.4. The maximum absolute atomic E-state index is 13.0. The summed E-state index contributed by atoms with van der Waals surface area (Å²) >= 11 is 0. The van der Waals surface area contributed by atoms with Crippen LogP contribution in [0.1, 0.15) is 311 Å². The van der Waals surface area contributed by atoms with E-state index in [1.165, 1.54) is 122 Å². The summed E-state index contributed by atoms with van der Waals surface area (Å²) in [5, 5.41) is 10.5. The molecule has 0 saturated heterocycles. The standard InChI is InChI=1S/C63H122O17P2/c1-7-9-11-13-15-17-21-29-35-41-47-62(67)79-58(51-73-60(65)45-39-33-27-16-14-12-10-8-2)53-77-81(69,70)75-49-57(64)50-76-82(71,72)78-54-59(52-74-61(66)46-40-34-28-24-23-26-32-38-44-56(5)6)80-63(68)48-42-36-30-22-19-18-20-25-31-37-43-55(3)4/h55-59,64H,7-54H2,1-6H3,(H,69,70)(H,71,72)/t57-,58+,59+/m0/s1. The first-order valence-electron chi connectivity index (χ1n) is 33.0. The number of carbonyl (C=O) groups excluding carboxylic acids is 4. The van der Waals surface area contributed by atoms with Gasteiger partial charge in [0, 0.05) is 25.7 Å². The van der Waals surface area contributed by atoms with Crippen molar-refractivity contribution in [3.05, 3.63) is 0 Å². The van der Waals surface area contributed by atoms with Gasteiger partial charge in [0.1, 0.15) is 19.3 Å². The van der Waals surface area contributed by atoms with Gasteiger partial charge in [-0.2, -0.15) is 0 Å². The lowest BCUT2D eigenvalue weighted by Gasteiger charge is -2.21. The Kier molecular flexibility index (Phi) is 54.3. The van der Waals surface area contributed by atoms with Crippen molar-refractivity contribution in [1.29, 1.82) is 0 Å². The number of hydrogen-bond acceptors (Lipinski definition) is 15. The van der Waals surface area contributed by atoms with E-state index < -0.39 is 97.5 Å². The Labute approximate surface area is 498 Å². The van der Waals surface area contributed by atoms with Crippen molar-refractivity contribution in [3.63, 3.8) is 0 Å². The Morgan fingerprint density at radius 3 is 0.829 bits per heavy atom. The summed E-state index contributed by atoms with van der Waals surface area (Å²) in [6, 6.07) is 0. The molecule has 0 radical (unpaired) electrons. The van der Waals surface area contributed by atoms with Gasteiger partial charge in [0.25, 0.3) is 0 Å². The van der Waals surface area contributed by atoms with Crippen molar-refractivity contribution >= 4 is 39.5 Å². The van der Waals surface area contributed by atoms with Crippen LogP contribution in [0.5, 0.6) is 0 Å². The Morgan fingerprint density at radius 2 is 0.561 bits per heavy atom. The second kappa shape index (κ2) is 55.6. The number of aliphatic hydroxyl groups is 1. The first-order valence-corrected chi connectivity index (χ1v) is 36.0. The zero-order valence-electron chi connectivity index (χ0n) is 52.8. The molecule has 0 aromatic rings. The van der Waals surface area contributed by atoms with Gasteiger partial charge >= 0.3 is 39.5 Å². The fraction of sp³-hybridized carbons (Fsp3) is 0.937. The highest BCUT2D eigenvalue weighted by Crippen LogP contribution is 2.45. The second-order valence-electron chi connectivity index (χ2n) is 23.7. The number of phosphoric acid groups is 2. The molecule has 82 heavy (non-hydrogen) atoms. The molecule has 3 N–H and O–H groups in total. The summed E-state index contributed by atoms with van der Waals surface area (Å²) < 4.78 is 67.9. The number of esters is 4. The van der Waals surface area contributed by atoms with Crippen LogP contribution in [0.15, 0.2) is 0 Å². The molecule has 0 aromatic carbocycles. The van der Waals surface area contributed by atoms with Gasteiger partial charge in [-0.25, -0.2) is 9.13 Å². The second-order valence-corrected chi connectivity index (χ2v) is 26.7. The van der Waals surface area contributed by atoms with E-state index >= 15 is 0 Å². The van der Waals surface area contributed by atoms with E-state index in [2.05, 4.69) is 41.5 Å². The molecule has 0 aliphatic carbocycles. The number of rotatable bonds is 62. The Bertz CT molecular complexity index is 1620. The molecule has 0 aromatic heterocycles. The molecule has 0 saturated carbocycles. The molecule has 0 aliphatic heterocycles. The lowest BCUT2D eigenvalue weighted by molar-refractivity contribution is -0.161. The van der Waals surface area contributed by atoms with Crippen LogP contribution < -0.4 is 0 Å². The third kappa shape index (κ3) is 57.2. The molecule has 19 heteroatoms. The van der Waals surface area contributed by atoms with E-state index in [9.17, 15) is 43.2 Å². The molecule has 0 heterocycles. The van der Waals surface area contributed by atoms with Crippen LogP contribution in [0, 0.1) is 11.8 Å². The maximum Gasteiger partial charge on any atom is 0.472 e. The van der Waals surface area contributed by atoms with Crippen LogP contribution in [-0.2, 0) is 65.4 Å².